The van der Waals surface area contributed by atoms with Gasteiger partial charge in [0.15, 0.2) is 0 Å². The zero-order chi connectivity index (χ0) is 23.8. The Morgan fingerprint density at radius 1 is 1.12 bits per heavy atom. The van der Waals surface area contributed by atoms with Gasteiger partial charge in [0, 0.05) is 28.4 Å². The van der Waals surface area contributed by atoms with Crippen molar-refractivity contribution in [1.29, 1.82) is 0 Å². The molecule has 1 atom stereocenters. The van der Waals surface area contributed by atoms with E-state index < -0.39 is 6.04 Å². The molecule has 0 heterocycles. The number of nitrogens with zero attached hydrogens (tertiary/aromatic N) is 1. The summed E-state index contributed by atoms with van der Waals surface area (Å²) in [5.41, 5.74) is 1.67. The van der Waals surface area contributed by atoms with E-state index in [1.807, 2.05) is 6.07 Å². The molecule has 1 saturated carbocycles. The summed E-state index contributed by atoms with van der Waals surface area (Å²) < 4.78 is 13.3. The molecule has 1 N–H and O–H groups in total. The molecule has 178 valence electrons. The van der Waals surface area contributed by atoms with Crippen LogP contribution >= 0.6 is 35.0 Å². The maximum absolute atomic E-state index is 13.3. The lowest BCUT2D eigenvalue weighted by Crippen LogP contribution is -2.50. The number of amides is 2. The van der Waals surface area contributed by atoms with Crippen LogP contribution in [0.2, 0.25) is 10.0 Å². The average Bonchev–Trinajstić information content (AvgIpc) is 2.80. The van der Waals surface area contributed by atoms with Gasteiger partial charge in [-0.1, -0.05) is 60.7 Å². The Labute approximate surface area is 209 Å². The predicted octanol–water partition coefficient (Wildman–Crippen LogP) is 6.23. The van der Waals surface area contributed by atoms with E-state index in [9.17, 15) is 14.0 Å². The van der Waals surface area contributed by atoms with Crippen LogP contribution in [0.4, 0.5) is 4.39 Å². The van der Waals surface area contributed by atoms with Gasteiger partial charge in [0.2, 0.25) is 11.8 Å². The van der Waals surface area contributed by atoms with Crippen molar-refractivity contribution in [3.63, 3.8) is 0 Å². The van der Waals surface area contributed by atoms with Crippen LogP contribution in [0.5, 0.6) is 0 Å². The van der Waals surface area contributed by atoms with E-state index in [0.717, 1.165) is 36.8 Å². The van der Waals surface area contributed by atoms with Crippen molar-refractivity contribution < 1.29 is 14.0 Å². The van der Waals surface area contributed by atoms with Gasteiger partial charge in [-0.2, -0.15) is 0 Å². The number of nitrogens with one attached hydrogen (secondary N) is 1. The average molecular weight is 511 g/mol. The smallest absolute Gasteiger partial charge is 0.242 e. The van der Waals surface area contributed by atoms with Crippen molar-refractivity contribution in [1.82, 2.24) is 10.2 Å². The Hall–Kier alpha value is -1.76. The van der Waals surface area contributed by atoms with Crippen LogP contribution in [0.3, 0.4) is 0 Å². The quantitative estimate of drug-likeness (QED) is 0.434. The van der Waals surface area contributed by atoms with E-state index in [2.05, 4.69) is 5.32 Å². The summed E-state index contributed by atoms with van der Waals surface area (Å²) in [6.45, 7) is 1.99. The minimum atomic E-state index is -0.635. The van der Waals surface area contributed by atoms with Crippen LogP contribution in [0.25, 0.3) is 0 Å². The molecule has 0 spiro atoms. The summed E-state index contributed by atoms with van der Waals surface area (Å²) in [5.74, 6) is 0.106. The SMILES string of the molecule is CC(C(=O)NC1CCCCC1)N(Cc1ccc(F)cc1)C(=O)CSCc1ccc(Cl)cc1Cl. The summed E-state index contributed by atoms with van der Waals surface area (Å²) >= 11 is 13.6. The molecule has 1 unspecified atom stereocenters. The third kappa shape index (κ3) is 7.90. The molecule has 2 aromatic rings. The number of hydrogen-bond acceptors (Lipinski definition) is 3. The molecule has 3 rings (SSSR count). The van der Waals surface area contributed by atoms with E-state index in [-0.39, 0.29) is 36.0 Å². The number of benzene rings is 2. The Morgan fingerprint density at radius 3 is 2.48 bits per heavy atom. The molecule has 0 bridgehead atoms. The van der Waals surface area contributed by atoms with Gasteiger partial charge in [-0.25, -0.2) is 4.39 Å². The third-order valence-electron chi connectivity index (χ3n) is 5.88. The summed E-state index contributed by atoms with van der Waals surface area (Å²) in [5, 5.41) is 4.24. The molecule has 0 aliphatic heterocycles. The number of rotatable bonds is 9. The minimum Gasteiger partial charge on any atom is -0.352 e. The van der Waals surface area contributed by atoms with Crippen LogP contribution in [0, 0.1) is 5.82 Å². The van der Waals surface area contributed by atoms with Crippen molar-refractivity contribution in [3.05, 3.63) is 69.5 Å². The largest absolute Gasteiger partial charge is 0.352 e. The van der Waals surface area contributed by atoms with E-state index in [4.69, 9.17) is 23.2 Å². The minimum absolute atomic E-state index is 0.150. The fourth-order valence-electron chi connectivity index (χ4n) is 3.91. The van der Waals surface area contributed by atoms with Gasteiger partial charge in [-0.3, -0.25) is 9.59 Å². The van der Waals surface area contributed by atoms with Gasteiger partial charge in [-0.05, 0) is 55.2 Å². The zero-order valence-electron chi connectivity index (χ0n) is 18.7. The first kappa shape index (κ1) is 25.9. The molecule has 1 aliphatic rings. The van der Waals surface area contributed by atoms with E-state index in [1.54, 1.807) is 36.1 Å². The first-order valence-electron chi connectivity index (χ1n) is 11.2. The molecule has 4 nitrogen and oxygen atoms in total. The van der Waals surface area contributed by atoms with Crippen LogP contribution in [-0.2, 0) is 21.9 Å². The standard InChI is InChI=1S/C25H29Cl2FN2O2S/c1-17(25(32)29-22-5-3-2-4-6-22)30(14-18-7-11-21(28)12-8-18)24(31)16-33-15-19-9-10-20(26)13-23(19)27/h7-13,17,22H,2-6,14-16H2,1H3,(H,29,32). The van der Waals surface area contributed by atoms with E-state index >= 15 is 0 Å². The van der Waals surface area contributed by atoms with Crippen LogP contribution in [-0.4, -0.2) is 34.6 Å². The number of hydrogen-bond donors (Lipinski definition) is 1. The number of thioether (sulfide) groups is 1. The molecule has 1 fully saturated rings. The molecule has 8 heteroatoms. The Balaban J connectivity index is 1.65. The summed E-state index contributed by atoms with van der Waals surface area (Å²) in [4.78, 5) is 27.7. The van der Waals surface area contributed by atoms with E-state index in [1.165, 1.54) is 30.3 Å². The molecular formula is C25H29Cl2FN2O2S. The lowest BCUT2D eigenvalue weighted by atomic mass is 9.95. The highest BCUT2D eigenvalue weighted by atomic mass is 35.5. The van der Waals surface area contributed by atoms with Crippen LogP contribution in [0.1, 0.15) is 50.2 Å². The van der Waals surface area contributed by atoms with Gasteiger partial charge in [0.1, 0.15) is 11.9 Å². The van der Waals surface area contributed by atoms with Crippen molar-refractivity contribution in [2.45, 2.75) is 63.4 Å². The van der Waals surface area contributed by atoms with Crippen LogP contribution in [0.15, 0.2) is 42.5 Å². The van der Waals surface area contributed by atoms with Crippen molar-refractivity contribution in [3.8, 4) is 0 Å². The highest BCUT2D eigenvalue weighted by Crippen LogP contribution is 2.25. The third-order valence-corrected chi connectivity index (χ3v) is 7.44. The summed E-state index contributed by atoms with van der Waals surface area (Å²) in [7, 11) is 0. The van der Waals surface area contributed by atoms with Crippen molar-refractivity contribution in [2.75, 3.05) is 5.75 Å². The van der Waals surface area contributed by atoms with Gasteiger partial charge < -0.3 is 10.2 Å². The highest BCUT2D eigenvalue weighted by molar-refractivity contribution is 7.99. The fraction of sp³-hybridized carbons (Fsp3) is 0.440. The number of halogens is 3. The molecule has 0 aromatic heterocycles. The molecular weight excluding hydrogens is 482 g/mol. The van der Waals surface area contributed by atoms with Crippen molar-refractivity contribution in [2.24, 2.45) is 0 Å². The Morgan fingerprint density at radius 2 is 1.82 bits per heavy atom. The number of carbonyl (C=O) groups is 2. The Bertz CT molecular complexity index is 952. The molecule has 1 aliphatic carbocycles. The van der Waals surface area contributed by atoms with Crippen LogP contribution < -0.4 is 5.32 Å². The van der Waals surface area contributed by atoms with Gasteiger partial charge in [-0.15, -0.1) is 11.8 Å². The fourth-order valence-corrected chi connectivity index (χ4v) is 5.38. The molecule has 2 aromatic carbocycles. The lowest BCUT2D eigenvalue weighted by Gasteiger charge is -2.31. The molecule has 2 amide bonds. The van der Waals surface area contributed by atoms with Gasteiger partial charge >= 0.3 is 0 Å². The summed E-state index contributed by atoms with van der Waals surface area (Å²) in [6.07, 6.45) is 5.37. The zero-order valence-corrected chi connectivity index (χ0v) is 21.0. The maximum atomic E-state index is 13.3. The maximum Gasteiger partial charge on any atom is 0.242 e. The lowest BCUT2D eigenvalue weighted by molar-refractivity contribution is -0.139. The number of carbonyl (C=O) groups excluding carboxylic acids is 2. The topological polar surface area (TPSA) is 49.4 Å². The monoisotopic (exact) mass is 510 g/mol. The Kier molecular flexibility index (Phi) is 9.90. The van der Waals surface area contributed by atoms with E-state index in [0.29, 0.717) is 15.8 Å². The molecule has 0 radical (unpaired) electrons. The first-order chi connectivity index (χ1) is 15.8. The van der Waals surface area contributed by atoms with Gasteiger partial charge in [0.05, 0.1) is 5.75 Å². The molecule has 33 heavy (non-hydrogen) atoms. The first-order valence-corrected chi connectivity index (χ1v) is 13.1. The second-order valence-electron chi connectivity index (χ2n) is 8.40. The predicted molar refractivity (Wildman–Crippen MR) is 134 cm³/mol. The second-order valence-corrected chi connectivity index (χ2v) is 10.2. The molecule has 0 saturated heterocycles. The second kappa shape index (κ2) is 12.6. The highest BCUT2D eigenvalue weighted by Gasteiger charge is 2.28. The van der Waals surface area contributed by atoms with Crippen molar-refractivity contribution >= 4 is 46.8 Å². The summed E-state index contributed by atoms with van der Waals surface area (Å²) in [6, 6.07) is 10.8. The van der Waals surface area contributed by atoms with Gasteiger partial charge in [0.25, 0.3) is 0 Å². The normalized spacial score (nSPS) is 15.2.